The number of thiophene rings is 1. The van der Waals surface area contributed by atoms with Crippen LogP contribution in [0.15, 0.2) is 0 Å². The van der Waals surface area contributed by atoms with Gasteiger partial charge < -0.3 is 5.32 Å². The van der Waals surface area contributed by atoms with Gasteiger partial charge in [0.25, 0.3) is 0 Å². The molecule has 5 heteroatoms. The molecule has 1 N–H and O–H groups in total. The van der Waals surface area contributed by atoms with E-state index in [2.05, 4.69) is 37.9 Å². The van der Waals surface area contributed by atoms with E-state index < -0.39 is 0 Å². The largest absolute Gasteiger partial charge is 0.370 e. The zero-order valence-corrected chi connectivity index (χ0v) is 14.2. The minimum atomic E-state index is 0.652. The molecule has 0 spiro atoms. The minimum absolute atomic E-state index is 0.652. The Morgan fingerprint density at radius 3 is 2.81 bits per heavy atom. The predicted molar refractivity (Wildman–Crippen MR) is 90.2 cm³/mol. The van der Waals surface area contributed by atoms with Crippen molar-refractivity contribution in [1.29, 1.82) is 0 Å². The lowest BCUT2D eigenvalue weighted by Gasteiger charge is -2.20. The number of likely N-dealkylation sites (tertiary alicyclic amines) is 1. The minimum Gasteiger partial charge on any atom is -0.370 e. The van der Waals surface area contributed by atoms with Crippen LogP contribution in [0.5, 0.6) is 0 Å². The van der Waals surface area contributed by atoms with Gasteiger partial charge in [-0.3, -0.25) is 4.90 Å². The van der Waals surface area contributed by atoms with Crippen LogP contribution < -0.4 is 5.32 Å². The summed E-state index contributed by atoms with van der Waals surface area (Å²) in [5.41, 5.74) is 1.31. The van der Waals surface area contributed by atoms with Gasteiger partial charge in [0, 0.05) is 17.5 Å². The molecule has 0 aliphatic carbocycles. The third-order valence-corrected chi connectivity index (χ3v) is 5.56. The first kappa shape index (κ1) is 14.7. The van der Waals surface area contributed by atoms with Gasteiger partial charge in [-0.2, -0.15) is 0 Å². The van der Waals surface area contributed by atoms with Crippen molar-refractivity contribution in [2.45, 2.75) is 53.1 Å². The second-order valence-electron chi connectivity index (χ2n) is 5.94. The SMILES string of the molecule is CCNc1nc(CN2CCCC2C)nc2sc(C)c(C)c12. The molecule has 1 saturated heterocycles. The predicted octanol–water partition coefficient (Wildman–Crippen LogP) is 3.72. The average Bonchev–Trinajstić information content (AvgIpc) is 2.95. The first-order valence-corrected chi connectivity index (χ1v) is 8.66. The quantitative estimate of drug-likeness (QED) is 0.934. The van der Waals surface area contributed by atoms with Gasteiger partial charge in [0.05, 0.1) is 11.9 Å². The Hall–Kier alpha value is -1.20. The number of aryl methyl sites for hydroxylation is 2. The second kappa shape index (κ2) is 5.89. The molecule has 0 saturated carbocycles. The maximum Gasteiger partial charge on any atom is 0.146 e. The fourth-order valence-corrected chi connectivity index (χ4v) is 4.12. The van der Waals surface area contributed by atoms with E-state index in [4.69, 9.17) is 9.97 Å². The summed E-state index contributed by atoms with van der Waals surface area (Å²) >= 11 is 1.78. The lowest BCUT2D eigenvalue weighted by molar-refractivity contribution is 0.254. The molecule has 1 unspecified atom stereocenters. The van der Waals surface area contributed by atoms with Crippen LogP contribution in [0.4, 0.5) is 5.82 Å². The summed E-state index contributed by atoms with van der Waals surface area (Å²) in [6, 6.07) is 0.652. The van der Waals surface area contributed by atoms with Crippen molar-refractivity contribution in [3.8, 4) is 0 Å². The molecule has 1 aliphatic heterocycles. The molecule has 3 rings (SSSR count). The number of aromatic nitrogens is 2. The van der Waals surface area contributed by atoms with E-state index in [1.54, 1.807) is 11.3 Å². The second-order valence-corrected chi connectivity index (χ2v) is 7.15. The number of fused-ring (bicyclic) bond motifs is 1. The number of nitrogens with one attached hydrogen (secondary N) is 1. The molecule has 1 aliphatic rings. The van der Waals surface area contributed by atoms with Gasteiger partial charge in [-0.25, -0.2) is 9.97 Å². The highest BCUT2D eigenvalue weighted by Gasteiger charge is 2.22. The molecule has 2 aromatic heterocycles. The van der Waals surface area contributed by atoms with E-state index in [0.717, 1.165) is 29.6 Å². The third-order valence-electron chi connectivity index (χ3n) is 4.45. The smallest absolute Gasteiger partial charge is 0.146 e. The van der Waals surface area contributed by atoms with Crippen LogP contribution in [0, 0.1) is 13.8 Å². The van der Waals surface area contributed by atoms with Gasteiger partial charge in [0.15, 0.2) is 0 Å². The lowest BCUT2D eigenvalue weighted by atomic mass is 10.2. The molecule has 4 nitrogen and oxygen atoms in total. The van der Waals surface area contributed by atoms with Crippen molar-refractivity contribution in [1.82, 2.24) is 14.9 Å². The van der Waals surface area contributed by atoms with Crippen LogP contribution in [-0.4, -0.2) is 34.0 Å². The van der Waals surface area contributed by atoms with E-state index >= 15 is 0 Å². The van der Waals surface area contributed by atoms with Gasteiger partial charge in [0.2, 0.25) is 0 Å². The summed E-state index contributed by atoms with van der Waals surface area (Å²) in [7, 11) is 0. The molecular formula is C16H24N4S. The Labute approximate surface area is 130 Å². The maximum absolute atomic E-state index is 4.82. The third kappa shape index (κ3) is 2.77. The standard InChI is InChI=1S/C16H24N4S/c1-5-17-15-14-11(3)12(4)21-16(14)19-13(18-15)9-20-8-6-7-10(20)2/h10H,5-9H2,1-4H3,(H,17,18,19). The van der Waals surface area contributed by atoms with E-state index in [9.17, 15) is 0 Å². The highest BCUT2D eigenvalue weighted by Crippen LogP contribution is 2.33. The number of anilines is 1. The summed E-state index contributed by atoms with van der Waals surface area (Å²) in [6.07, 6.45) is 2.58. The summed E-state index contributed by atoms with van der Waals surface area (Å²) in [4.78, 5) is 14.6. The molecule has 114 valence electrons. The van der Waals surface area contributed by atoms with E-state index in [1.807, 2.05) is 0 Å². The van der Waals surface area contributed by atoms with Crippen molar-refractivity contribution >= 4 is 27.4 Å². The normalized spacial score (nSPS) is 19.5. The van der Waals surface area contributed by atoms with Crippen LogP contribution in [0.1, 0.15) is 43.0 Å². The van der Waals surface area contributed by atoms with Crippen molar-refractivity contribution in [2.24, 2.45) is 0 Å². The Bertz CT molecular complexity index is 649. The molecule has 0 bridgehead atoms. The summed E-state index contributed by atoms with van der Waals surface area (Å²) in [5, 5.41) is 4.62. The molecule has 21 heavy (non-hydrogen) atoms. The van der Waals surface area contributed by atoms with E-state index in [-0.39, 0.29) is 0 Å². The van der Waals surface area contributed by atoms with Crippen LogP contribution in [-0.2, 0) is 6.54 Å². The van der Waals surface area contributed by atoms with Crippen LogP contribution in [0.2, 0.25) is 0 Å². The molecule has 0 amide bonds. The molecule has 0 aromatic carbocycles. The van der Waals surface area contributed by atoms with Gasteiger partial charge >= 0.3 is 0 Å². The first-order valence-electron chi connectivity index (χ1n) is 7.84. The van der Waals surface area contributed by atoms with E-state index in [0.29, 0.717) is 6.04 Å². The number of nitrogens with zero attached hydrogens (tertiary/aromatic N) is 3. The number of hydrogen-bond acceptors (Lipinski definition) is 5. The molecule has 0 radical (unpaired) electrons. The fraction of sp³-hybridized carbons (Fsp3) is 0.625. The number of hydrogen-bond donors (Lipinski definition) is 1. The Balaban J connectivity index is 1.99. The zero-order chi connectivity index (χ0) is 15.0. The monoisotopic (exact) mass is 304 g/mol. The lowest BCUT2D eigenvalue weighted by Crippen LogP contribution is -2.27. The zero-order valence-electron chi connectivity index (χ0n) is 13.4. The molecule has 3 heterocycles. The number of rotatable bonds is 4. The van der Waals surface area contributed by atoms with E-state index in [1.165, 1.54) is 35.2 Å². The molecule has 1 fully saturated rings. The van der Waals surface area contributed by atoms with Crippen LogP contribution in [0.25, 0.3) is 10.2 Å². The van der Waals surface area contributed by atoms with Crippen LogP contribution in [0.3, 0.4) is 0 Å². The van der Waals surface area contributed by atoms with Gasteiger partial charge in [-0.05, 0) is 52.6 Å². The molecule has 2 aromatic rings. The molecular weight excluding hydrogens is 280 g/mol. The maximum atomic E-state index is 4.82. The topological polar surface area (TPSA) is 41.1 Å². The summed E-state index contributed by atoms with van der Waals surface area (Å²) < 4.78 is 0. The van der Waals surface area contributed by atoms with Crippen molar-refractivity contribution in [3.05, 3.63) is 16.3 Å². The Kier molecular flexibility index (Phi) is 4.13. The summed E-state index contributed by atoms with van der Waals surface area (Å²) in [5.74, 6) is 1.96. The van der Waals surface area contributed by atoms with Crippen LogP contribution >= 0.6 is 11.3 Å². The Morgan fingerprint density at radius 2 is 2.14 bits per heavy atom. The average molecular weight is 304 g/mol. The van der Waals surface area contributed by atoms with Gasteiger partial charge in [0.1, 0.15) is 16.5 Å². The highest BCUT2D eigenvalue weighted by molar-refractivity contribution is 7.18. The van der Waals surface area contributed by atoms with Crippen molar-refractivity contribution < 1.29 is 0 Å². The van der Waals surface area contributed by atoms with Gasteiger partial charge in [-0.15, -0.1) is 11.3 Å². The first-order chi connectivity index (χ1) is 10.1. The summed E-state index contributed by atoms with van der Waals surface area (Å²) in [6.45, 7) is 11.7. The van der Waals surface area contributed by atoms with Crippen molar-refractivity contribution in [3.63, 3.8) is 0 Å². The highest BCUT2D eigenvalue weighted by atomic mass is 32.1. The van der Waals surface area contributed by atoms with Gasteiger partial charge in [-0.1, -0.05) is 0 Å². The molecule has 1 atom stereocenters. The fourth-order valence-electron chi connectivity index (χ4n) is 3.07. The Morgan fingerprint density at radius 1 is 1.33 bits per heavy atom. The van der Waals surface area contributed by atoms with Crippen molar-refractivity contribution in [2.75, 3.05) is 18.4 Å².